The minimum absolute atomic E-state index is 0.0493. The fourth-order valence-electron chi connectivity index (χ4n) is 3.64. The number of non-ortho nitro benzene ring substituents is 1. The van der Waals surface area contributed by atoms with Gasteiger partial charge < -0.3 is 9.30 Å². The van der Waals surface area contributed by atoms with Crippen LogP contribution in [0, 0.1) is 10.1 Å². The number of esters is 1. The summed E-state index contributed by atoms with van der Waals surface area (Å²) in [5.74, 6) is -2.00. The molecule has 0 spiro atoms. The highest BCUT2D eigenvalue weighted by molar-refractivity contribution is 6.33. The average molecular weight is 382 g/mol. The Morgan fingerprint density at radius 2 is 2.00 bits per heavy atom. The second kappa shape index (κ2) is 8.21. The van der Waals surface area contributed by atoms with Crippen LogP contribution in [0.2, 0.25) is 0 Å². The molecule has 1 aliphatic carbocycles. The van der Waals surface area contributed by atoms with Crippen molar-refractivity contribution in [2.24, 2.45) is 7.05 Å². The molecule has 0 saturated heterocycles. The van der Waals surface area contributed by atoms with Gasteiger partial charge in [-0.1, -0.05) is 24.3 Å². The van der Waals surface area contributed by atoms with Gasteiger partial charge in [0.15, 0.2) is 0 Å². The molecular weight excluding hydrogens is 360 g/mol. The maximum Gasteiger partial charge on any atom is 0.374 e. The molecule has 1 heterocycles. The summed E-state index contributed by atoms with van der Waals surface area (Å²) in [7, 11) is 1.92. The van der Waals surface area contributed by atoms with E-state index < -0.39 is 22.6 Å². The van der Waals surface area contributed by atoms with Gasteiger partial charge >= 0.3 is 5.97 Å². The Kier molecular flexibility index (Phi) is 5.73. The fourth-order valence-corrected chi connectivity index (χ4v) is 3.64. The van der Waals surface area contributed by atoms with Gasteiger partial charge in [-0.3, -0.25) is 14.9 Å². The van der Waals surface area contributed by atoms with Crippen molar-refractivity contribution in [3.8, 4) is 0 Å². The van der Waals surface area contributed by atoms with E-state index in [9.17, 15) is 19.7 Å². The van der Waals surface area contributed by atoms with Gasteiger partial charge in [0.05, 0.1) is 11.5 Å². The number of nitrogens with zero attached hydrogens (tertiary/aromatic N) is 2. The SMILES string of the molecule is CCOC(=O)C(=O)C[C@H](c1cccc([N+](=O)[O-])c1)c1cc2c(n1C)CC=CC2. The van der Waals surface area contributed by atoms with Gasteiger partial charge in [-0.25, -0.2) is 4.79 Å². The topological polar surface area (TPSA) is 91.4 Å². The Labute approximate surface area is 162 Å². The van der Waals surface area contributed by atoms with Gasteiger partial charge in [0.25, 0.3) is 5.69 Å². The summed E-state index contributed by atoms with van der Waals surface area (Å²) in [6.45, 7) is 1.76. The number of nitro groups is 1. The molecule has 0 aliphatic heterocycles. The summed E-state index contributed by atoms with van der Waals surface area (Å²) in [6.07, 6.45) is 5.68. The van der Waals surface area contributed by atoms with Crippen LogP contribution in [0.25, 0.3) is 0 Å². The lowest BCUT2D eigenvalue weighted by atomic mass is 9.90. The third-order valence-corrected chi connectivity index (χ3v) is 5.03. The van der Waals surface area contributed by atoms with E-state index in [1.54, 1.807) is 19.1 Å². The molecule has 0 fully saturated rings. The maximum absolute atomic E-state index is 12.4. The van der Waals surface area contributed by atoms with E-state index in [2.05, 4.69) is 12.2 Å². The molecule has 0 amide bonds. The zero-order valence-electron chi connectivity index (χ0n) is 15.9. The van der Waals surface area contributed by atoms with Crippen LogP contribution in [-0.4, -0.2) is 27.8 Å². The molecule has 1 aromatic heterocycles. The zero-order valence-corrected chi connectivity index (χ0v) is 15.9. The summed E-state index contributed by atoms with van der Waals surface area (Å²) in [5, 5.41) is 11.2. The van der Waals surface area contributed by atoms with E-state index >= 15 is 0 Å². The standard InChI is InChI=1S/C21H22N2O5/c1-3-28-21(25)20(24)13-17(14-8-6-9-16(11-14)23(26)27)19-12-15-7-4-5-10-18(15)22(19)2/h4-6,8-9,11-12,17H,3,7,10,13H2,1-2H3/t17-/m1/s1. The number of ketones is 1. The number of rotatable bonds is 7. The van der Waals surface area contributed by atoms with Crippen LogP contribution in [0.4, 0.5) is 5.69 Å². The minimum Gasteiger partial charge on any atom is -0.460 e. The third kappa shape index (κ3) is 3.88. The summed E-state index contributed by atoms with van der Waals surface area (Å²) in [6, 6.07) is 8.25. The van der Waals surface area contributed by atoms with Gasteiger partial charge in [0.2, 0.25) is 5.78 Å². The molecule has 146 valence electrons. The Morgan fingerprint density at radius 3 is 2.68 bits per heavy atom. The lowest BCUT2D eigenvalue weighted by molar-refractivity contribution is -0.384. The van der Waals surface area contributed by atoms with Gasteiger partial charge in [-0.2, -0.15) is 0 Å². The van der Waals surface area contributed by atoms with Crippen molar-refractivity contribution in [1.29, 1.82) is 0 Å². The van der Waals surface area contributed by atoms with Crippen LogP contribution < -0.4 is 0 Å². The van der Waals surface area contributed by atoms with Crippen molar-refractivity contribution in [3.05, 3.63) is 75.1 Å². The lowest BCUT2D eigenvalue weighted by Gasteiger charge is -2.19. The fraction of sp³-hybridized carbons (Fsp3) is 0.333. The van der Waals surface area contributed by atoms with Crippen molar-refractivity contribution in [1.82, 2.24) is 4.57 Å². The van der Waals surface area contributed by atoms with E-state index in [-0.39, 0.29) is 18.7 Å². The molecule has 28 heavy (non-hydrogen) atoms. The molecule has 0 bridgehead atoms. The van der Waals surface area contributed by atoms with E-state index in [0.717, 1.165) is 24.2 Å². The molecule has 0 saturated carbocycles. The second-order valence-corrected chi connectivity index (χ2v) is 6.73. The first kappa shape index (κ1) is 19.5. The Morgan fingerprint density at radius 1 is 1.25 bits per heavy atom. The highest BCUT2D eigenvalue weighted by Gasteiger charge is 2.28. The minimum atomic E-state index is -0.876. The molecule has 7 heteroatoms. The average Bonchev–Trinajstić information content (AvgIpc) is 3.03. The number of allylic oxidation sites excluding steroid dienone is 2. The van der Waals surface area contributed by atoms with Gasteiger partial charge in [-0.05, 0) is 30.5 Å². The van der Waals surface area contributed by atoms with Crippen molar-refractivity contribution < 1.29 is 19.2 Å². The molecule has 1 atom stereocenters. The number of Topliss-reactive ketones (excluding diaryl/α,β-unsaturated/α-hetero) is 1. The van der Waals surface area contributed by atoms with Gasteiger partial charge in [-0.15, -0.1) is 0 Å². The normalized spacial score (nSPS) is 13.6. The van der Waals surface area contributed by atoms with E-state index in [4.69, 9.17) is 4.74 Å². The molecule has 1 aliphatic rings. The second-order valence-electron chi connectivity index (χ2n) is 6.73. The molecule has 0 N–H and O–H groups in total. The number of carbonyl (C=O) groups excluding carboxylic acids is 2. The lowest BCUT2D eigenvalue weighted by Crippen LogP contribution is -2.21. The van der Waals surface area contributed by atoms with Crippen molar-refractivity contribution in [2.75, 3.05) is 6.61 Å². The van der Waals surface area contributed by atoms with Crippen molar-refractivity contribution in [3.63, 3.8) is 0 Å². The molecule has 1 aromatic carbocycles. The molecule has 2 aromatic rings. The molecule has 7 nitrogen and oxygen atoms in total. The van der Waals surface area contributed by atoms with Crippen molar-refractivity contribution >= 4 is 17.4 Å². The highest BCUT2D eigenvalue weighted by atomic mass is 16.6. The molecule has 0 unspecified atom stereocenters. The number of fused-ring (bicyclic) bond motifs is 1. The third-order valence-electron chi connectivity index (χ3n) is 5.03. The predicted molar refractivity (Wildman–Crippen MR) is 103 cm³/mol. The highest BCUT2D eigenvalue weighted by Crippen LogP contribution is 2.34. The number of carbonyl (C=O) groups is 2. The Balaban J connectivity index is 2.04. The number of ether oxygens (including phenoxy) is 1. The number of hydrogen-bond donors (Lipinski definition) is 0. The number of benzene rings is 1. The Hall–Kier alpha value is -3.22. The van der Waals surface area contributed by atoms with E-state index in [0.29, 0.717) is 5.56 Å². The smallest absolute Gasteiger partial charge is 0.374 e. The summed E-state index contributed by atoms with van der Waals surface area (Å²) in [5.41, 5.74) is 3.74. The first-order valence-corrected chi connectivity index (χ1v) is 9.19. The van der Waals surface area contributed by atoms with Crippen LogP contribution in [-0.2, 0) is 34.2 Å². The van der Waals surface area contributed by atoms with Crippen LogP contribution in [0.5, 0.6) is 0 Å². The summed E-state index contributed by atoms with van der Waals surface area (Å²) >= 11 is 0. The van der Waals surface area contributed by atoms with Crippen molar-refractivity contribution in [2.45, 2.75) is 32.1 Å². The molecule has 0 radical (unpaired) electrons. The van der Waals surface area contributed by atoms with Crippen LogP contribution >= 0.6 is 0 Å². The summed E-state index contributed by atoms with van der Waals surface area (Å²) in [4.78, 5) is 35.1. The van der Waals surface area contributed by atoms with E-state index in [1.807, 2.05) is 17.7 Å². The largest absolute Gasteiger partial charge is 0.460 e. The number of nitro benzene ring substituents is 1. The number of aromatic nitrogens is 1. The van der Waals surface area contributed by atoms with Gasteiger partial charge in [0, 0.05) is 49.3 Å². The quantitative estimate of drug-likeness (QED) is 0.241. The van der Waals surface area contributed by atoms with Crippen LogP contribution in [0.15, 0.2) is 42.5 Å². The summed E-state index contributed by atoms with van der Waals surface area (Å²) < 4.78 is 6.86. The predicted octanol–water partition coefficient (Wildman–Crippen LogP) is 3.24. The first-order chi connectivity index (χ1) is 13.4. The van der Waals surface area contributed by atoms with E-state index in [1.165, 1.54) is 17.7 Å². The van der Waals surface area contributed by atoms with Crippen LogP contribution in [0.1, 0.15) is 41.8 Å². The zero-order chi connectivity index (χ0) is 20.3. The van der Waals surface area contributed by atoms with Crippen LogP contribution in [0.3, 0.4) is 0 Å². The molecule has 3 rings (SSSR count). The maximum atomic E-state index is 12.4. The number of hydrogen-bond acceptors (Lipinski definition) is 5. The first-order valence-electron chi connectivity index (χ1n) is 9.19. The Bertz CT molecular complexity index is 958. The molecular formula is C21H22N2O5. The monoisotopic (exact) mass is 382 g/mol. The van der Waals surface area contributed by atoms with Gasteiger partial charge in [0.1, 0.15) is 0 Å².